The number of nitrogens with zero attached hydrogens (tertiary/aromatic N) is 3. The van der Waals surface area contributed by atoms with E-state index >= 15 is 0 Å². The third kappa shape index (κ3) is 2.84. The van der Waals surface area contributed by atoms with Crippen LogP contribution in [-0.2, 0) is 10.3 Å². The predicted molar refractivity (Wildman–Crippen MR) is 95.5 cm³/mol. The Bertz CT molecular complexity index is 976. The van der Waals surface area contributed by atoms with Crippen molar-refractivity contribution in [2.45, 2.75) is 33.2 Å². The van der Waals surface area contributed by atoms with Gasteiger partial charge in [-0.15, -0.1) is 0 Å². The molecule has 2 aliphatic rings. The molecule has 0 saturated heterocycles. The Kier molecular flexibility index (Phi) is 3.99. The lowest BCUT2D eigenvalue weighted by molar-refractivity contribution is 0.0600. The van der Waals surface area contributed by atoms with Crippen LogP contribution < -0.4 is 5.56 Å². The fraction of sp³-hybridized carbons (Fsp3) is 0.316. The third-order valence-electron chi connectivity index (χ3n) is 4.19. The van der Waals surface area contributed by atoms with Gasteiger partial charge in [0.05, 0.1) is 18.4 Å². The van der Waals surface area contributed by atoms with Crippen molar-refractivity contribution in [1.82, 2.24) is 14.3 Å². The Morgan fingerprint density at radius 1 is 1.16 bits per heavy atom. The fourth-order valence-corrected chi connectivity index (χ4v) is 2.72. The SMILES string of the molecule is COC(=O)c1cn(C(C)(C)C)cc2c(=O)n(-c3ccccc3C)nc1-2. The van der Waals surface area contributed by atoms with Gasteiger partial charge in [0.15, 0.2) is 0 Å². The Morgan fingerprint density at radius 3 is 2.44 bits per heavy atom. The van der Waals surface area contributed by atoms with Crippen LogP contribution in [0.1, 0.15) is 36.7 Å². The highest BCUT2D eigenvalue weighted by Gasteiger charge is 2.27. The highest BCUT2D eigenvalue weighted by atomic mass is 16.5. The van der Waals surface area contributed by atoms with Crippen LogP contribution in [0.25, 0.3) is 16.9 Å². The number of carbonyl (C=O) groups is 1. The van der Waals surface area contributed by atoms with Gasteiger partial charge in [-0.05, 0) is 39.3 Å². The number of ether oxygens (including phenoxy) is 1. The van der Waals surface area contributed by atoms with Crippen molar-refractivity contribution in [1.29, 1.82) is 0 Å². The van der Waals surface area contributed by atoms with Crippen LogP contribution in [0, 0.1) is 6.92 Å². The first-order valence-electron chi connectivity index (χ1n) is 8.04. The molecule has 0 fully saturated rings. The number of rotatable bonds is 2. The summed E-state index contributed by atoms with van der Waals surface area (Å²) in [6.07, 6.45) is 3.43. The van der Waals surface area contributed by atoms with E-state index in [1.165, 1.54) is 11.8 Å². The van der Waals surface area contributed by atoms with Gasteiger partial charge in [-0.1, -0.05) is 18.2 Å². The molecular weight excluding hydrogens is 318 g/mol. The van der Waals surface area contributed by atoms with Gasteiger partial charge >= 0.3 is 5.97 Å². The Balaban J connectivity index is 2.37. The molecule has 6 heteroatoms. The highest BCUT2D eigenvalue weighted by Crippen LogP contribution is 2.26. The molecule has 130 valence electrons. The van der Waals surface area contributed by atoms with Crippen molar-refractivity contribution >= 4 is 5.97 Å². The Morgan fingerprint density at radius 2 is 1.84 bits per heavy atom. The molecule has 0 bridgehead atoms. The van der Waals surface area contributed by atoms with Crippen molar-refractivity contribution in [2.24, 2.45) is 0 Å². The van der Waals surface area contributed by atoms with Crippen LogP contribution in [0.15, 0.2) is 41.5 Å². The number of hydrogen-bond donors (Lipinski definition) is 0. The lowest BCUT2D eigenvalue weighted by atomic mass is 10.0. The van der Waals surface area contributed by atoms with E-state index in [0.717, 1.165) is 5.56 Å². The van der Waals surface area contributed by atoms with Crippen LogP contribution in [-0.4, -0.2) is 27.4 Å². The molecule has 1 aromatic carbocycles. The van der Waals surface area contributed by atoms with Gasteiger partial charge in [0.1, 0.15) is 11.3 Å². The summed E-state index contributed by atoms with van der Waals surface area (Å²) in [4.78, 5) is 25.2. The van der Waals surface area contributed by atoms with E-state index in [-0.39, 0.29) is 16.7 Å². The number of para-hydroxylation sites is 1. The van der Waals surface area contributed by atoms with Gasteiger partial charge in [0.25, 0.3) is 5.56 Å². The summed E-state index contributed by atoms with van der Waals surface area (Å²) in [6, 6.07) is 7.50. The molecule has 0 radical (unpaired) electrons. The van der Waals surface area contributed by atoms with E-state index in [1.807, 2.05) is 56.5 Å². The summed E-state index contributed by atoms with van der Waals surface area (Å²) in [5.41, 5.74) is 2.08. The van der Waals surface area contributed by atoms with Crippen LogP contribution in [0.5, 0.6) is 0 Å². The normalized spacial score (nSPS) is 11.7. The van der Waals surface area contributed by atoms with Gasteiger partial charge in [0.2, 0.25) is 0 Å². The minimum absolute atomic E-state index is 0.256. The van der Waals surface area contributed by atoms with Crippen molar-refractivity contribution < 1.29 is 9.53 Å². The number of hydrogen-bond acceptors (Lipinski definition) is 4. The minimum Gasteiger partial charge on any atom is -0.465 e. The average Bonchev–Trinajstić information content (AvgIpc) is 2.90. The van der Waals surface area contributed by atoms with Gasteiger partial charge in [-0.25, -0.2) is 4.79 Å². The van der Waals surface area contributed by atoms with E-state index in [4.69, 9.17) is 4.74 Å². The predicted octanol–water partition coefficient (Wildman–Crippen LogP) is 2.99. The lowest BCUT2D eigenvalue weighted by Gasteiger charge is -2.24. The Labute approximate surface area is 146 Å². The number of methoxy groups -OCH3 is 1. The molecular formula is C19H21N3O3. The van der Waals surface area contributed by atoms with Crippen molar-refractivity contribution in [2.75, 3.05) is 7.11 Å². The zero-order valence-corrected chi connectivity index (χ0v) is 15.0. The quantitative estimate of drug-likeness (QED) is 0.673. The zero-order chi connectivity index (χ0) is 18.4. The smallest absolute Gasteiger partial charge is 0.341 e. The number of pyridine rings is 1. The topological polar surface area (TPSA) is 66.1 Å². The number of aryl methyl sites for hydroxylation is 1. The third-order valence-corrected chi connectivity index (χ3v) is 4.19. The van der Waals surface area contributed by atoms with E-state index in [2.05, 4.69) is 5.10 Å². The van der Waals surface area contributed by atoms with Gasteiger partial charge < -0.3 is 9.30 Å². The van der Waals surface area contributed by atoms with Crippen molar-refractivity contribution in [3.8, 4) is 16.9 Å². The molecule has 0 aliphatic carbocycles. The number of fused-ring (bicyclic) bond motifs is 1. The van der Waals surface area contributed by atoms with Gasteiger partial charge in [-0.3, -0.25) is 4.79 Å². The van der Waals surface area contributed by atoms with Gasteiger partial charge in [-0.2, -0.15) is 9.78 Å². The molecule has 25 heavy (non-hydrogen) atoms. The van der Waals surface area contributed by atoms with Crippen LogP contribution in [0.2, 0.25) is 0 Å². The second kappa shape index (κ2) is 5.88. The van der Waals surface area contributed by atoms with E-state index in [0.29, 0.717) is 16.9 Å². The number of esters is 1. The summed E-state index contributed by atoms with van der Waals surface area (Å²) in [7, 11) is 1.32. The maximum Gasteiger partial charge on any atom is 0.341 e. The molecule has 0 N–H and O–H groups in total. The lowest BCUT2D eigenvalue weighted by Crippen LogP contribution is -2.24. The van der Waals surface area contributed by atoms with Crippen molar-refractivity contribution in [3.05, 3.63) is 58.1 Å². The summed E-state index contributed by atoms with van der Waals surface area (Å²) in [5.74, 6) is -0.516. The summed E-state index contributed by atoms with van der Waals surface area (Å²) in [6.45, 7) is 7.90. The number of aromatic nitrogens is 3. The first-order chi connectivity index (χ1) is 11.7. The number of carbonyl (C=O) groups excluding carboxylic acids is 1. The highest BCUT2D eigenvalue weighted by molar-refractivity contribution is 5.96. The van der Waals surface area contributed by atoms with Crippen LogP contribution in [0.4, 0.5) is 0 Å². The van der Waals surface area contributed by atoms with E-state index in [1.54, 1.807) is 12.4 Å². The molecule has 0 aromatic heterocycles. The second-order valence-corrected chi connectivity index (χ2v) is 7.01. The monoisotopic (exact) mass is 339 g/mol. The minimum atomic E-state index is -0.516. The van der Waals surface area contributed by atoms with Crippen LogP contribution >= 0.6 is 0 Å². The number of benzene rings is 1. The van der Waals surface area contributed by atoms with Crippen molar-refractivity contribution in [3.63, 3.8) is 0 Å². The van der Waals surface area contributed by atoms with Crippen LogP contribution in [0.3, 0.4) is 0 Å². The molecule has 3 rings (SSSR count). The second-order valence-electron chi connectivity index (χ2n) is 7.01. The molecule has 0 saturated carbocycles. The first kappa shape index (κ1) is 17.0. The molecule has 2 heterocycles. The maximum absolute atomic E-state index is 13.0. The Hall–Kier alpha value is -2.89. The molecule has 0 unspecified atom stereocenters. The summed E-state index contributed by atoms with van der Waals surface area (Å²) in [5, 5.41) is 4.43. The zero-order valence-electron chi connectivity index (χ0n) is 15.0. The molecule has 6 nitrogen and oxygen atoms in total. The van der Waals surface area contributed by atoms with Gasteiger partial charge in [0, 0.05) is 17.9 Å². The molecule has 0 amide bonds. The van der Waals surface area contributed by atoms with E-state index in [9.17, 15) is 9.59 Å². The first-order valence-corrected chi connectivity index (χ1v) is 8.04. The van der Waals surface area contributed by atoms with E-state index < -0.39 is 5.97 Å². The largest absolute Gasteiger partial charge is 0.465 e. The summed E-state index contributed by atoms with van der Waals surface area (Å²) >= 11 is 0. The average molecular weight is 339 g/mol. The molecule has 0 spiro atoms. The standard InChI is InChI=1S/C19H21N3O3/c1-12-8-6-7-9-15(12)22-17(23)13-10-21(19(2,3)4)11-14(16(13)20-22)18(24)25-5/h6-11H,1-5H3. The maximum atomic E-state index is 13.0. The molecule has 2 aliphatic heterocycles. The summed E-state index contributed by atoms with van der Waals surface area (Å²) < 4.78 is 8.07. The fourth-order valence-electron chi connectivity index (χ4n) is 2.72. The molecule has 1 aromatic rings. The molecule has 0 atom stereocenters.